The molecule has 1 aromatic rings. The number of carbonyl (C=O) groups excluding carboxylic acids is 1. The molecule has 0 aliphatic rings. The minimum atomic E-state index is 0.0322. The molecule has 0 radical (unpaired) electrons. The summed E-state index contributed by atoms with van der Waals surface area (Å²) in [6.07, 6.45) is 0.446. The first-order chi connectivity index (χ1) is 9.08. The number of nitrogens with one attached hydrogen (secondary N) is 1. The van der Waals surface area contributed by atoms with E-state index in [0.717, 1.165) is 11.3 Å². The van der Waals surface area contributed by atoms with E-state index in [-0.39, 0.29) is 11.9 Å². The van der Waals surface area contributed by atoms with E-state index in [1.165, 1.54) is 0 Å². The fourth-order valence-corrected chi connectivity index (χ4v) is 2.05. The topological polar surface area (TPSA) is 41.6 Å². The molecule has 4 nitrogen and oxygen atoms in total. The third-order valence-electron chi connectivity index (χ3n) is 2.93. The molecule has 0 aliphatic heterocycles. The molecule has 1 N–H and O–H groups in total. The Kier molecular flexibility index (Phi) is 6.73. The van der Waals surface area contributed by atoms with Gasteiger partial charge >= 0.3 is 0 Å². The molecule has 0 aromatic heterocycles. The maximum absolute atomic E-state index is 11.5. The van der Waals surface area contributed by atoms with Gasteiger partial charge in [0.25, 0.3) is 0 Å². The number of amides is 1. The second-order valence-corrected chi connectivity index (χ2v) is 4.98. The van der Waals surface area contributed by atoms with Crippen LogP contribution in [-0.4, -0.2) is 44.3 Å². The van der Waals surface area contributed by atoms with E-state index in [1.807, 2.05) is 38.4 Å². The van der Waals surface area contributed by atoms with Gasteiger partial charge in [-0.1, -0.05) is 12.1 Å². The Labute approximate surface area is 120 Å². The number of ether oxygens (including phenoxy) is 1. The largest absolute Gasteiger partial charge is 0.497 e. The average Bonchev–Trinajstić information content (AvgIpc) is 2.39. The van der Waals surface area contributed by atoms with Crippen molar-refractivity contribution in [3.8, 4) is 5.75 Å². The van der Waals surface area contributed by atoms with Gasteiger partial charge in [0.2, 0.25) is 5.91 Å². The number of nitrogens with zero attached hydrogens (tertiary/aromatic N) is 1. The molecule has 0 saturated heterocycles. The van der Waals surface area contributed by atoms with Gasteiger partial charge in [-0.25, -0.2) is 0 Å². The van der Waals surface area contributed by atoms with Crippen molar-refractivity contribution in [3.05, 3.63) is 29.8 Å². The second-order valence-electron chi connectivity index (χ2n) is 4.53. The molecule has 0 aliphatic carbocycles. The number of benzene rings is 1. The number of methoxy groups -OCH3 is 1. The number of hydrogen-bond donors (Lipinski definition) is 2. The van der Waals surface area contributed by atoms with Crippen LogP contribution < -0.4 is 10.1 Å². The lowest BCUT2D eigenvalue weighted by Gasteiger charge is -2.25. The third kappa shape index (κ3) is 5.12. The van der Waals surface area contributed by atoms with Gasteiger partial charge in [0.15, 0.2) is 0 Å². The maximum Gasteiger partial charge on any atom is 0.220 e. The lowest BCUT2D eigenvalue weighted by atomic mass is 10.1. The lowest BCUT2D eigenvalue weighted by molar-refractivity contribution is -0.120. The zero-order chi connectivity index (χ0) is 14.3. The van der Waals surface area contributed by atoms with E-state index < -0.39 is 0 Å². The summed E-state index contributed by atoms with van der Waals surface area (Å²) in [7, 11) is 5.64. The molecule has 1 rings (SSSR count). The Morgan fingerprint density at radius 1 is 1.47 bits per heavy atom. The highest BCUT2D eigenvalue weighted by Crippen LogP contribution is 2.22. The molecule has 1 atom stereocenters. The molecular weight excluding hydrogens is 260 g/mol. The van der Waals surface area contributed by atoms with Gasteiger partial charge in [-0.3, -0.25) is 4.79 Å². The zero-order valence-electron chi connectivity index (χ0n) is 11.7. The average molecular weight is 282 g/mol. The van der Waals surface area contributed by atoms with Crippen LogP contribution >= 0.6 is 12.6 Å². The molecule has 106 valence electrons. The highest BCUT2D eigenvalue weighted by molar-refractivity contribution is 7.80. The molecule has 1 amide bonds. The van der Waals surface area contributed by atoms with Crippen LogP contribution in [-0.2, 0) is 4.79 Å². The van der Waals surface area contributed by atoms with Crippen LogP contribution in [0, 0.1) is 0 Å². The van der Waals surface area contributed by atoms with E-state index in [4.69, 9.17) is 4.74 Å². The molecule has 1 unspecified atom stereocenters. The molecular formula is C14H22N2O2S. The number of carbonyl (C=O) groups is 1. The van der Waals surface area contributed by atoms with Crippen molar-refractivity contribution in [2.24, 2.45) is 0 Å². The number of rotatable bonds is 7. The standard InChI is InChI=1S/C14H22N2O2S/c1-16(2)13(10-15-14(17)7-8-19)11-5-4-6-12(9-11)18-3/h4-6,9,13,19H,7-8,10H2,1-3H3,(H,15,17). The monoisotopic (exact) mass is 282 g/mol. The minimum absolute atomic E-state index is 0.0322. The SMILES string of the molecule is COc1cccc(C(CNC(=O)CCS)N(C)C)c1. The van der Waals surface area contributed by atoms with Crippen LogP contribution in [0.25, 0.3) is 0 Å². The predicted octanol–water partition coefficient (Wildman–Crippen LogP) is 1.73. The summed E-state index contributed by atoms with van der Waals surface area (Å²) in [4.78, 5) is 13.6. The Bertz CT molecular complexity index is 410. The molecule has 0 bridgehead atoms. The van der Waals surface area contributed by atoms with Crippen molar-refractivity contribution in [1.82, 2.24) is 10.2 Å². The van der Waals surface area contributed by atoms with Gasteiger partial charge in [0.05, 0.1) is 13.2 Å². The van der Waals surface area contributed by atoms with E-state index >= 15 is 0 Å². The number of thiol groups is 1. The number of likely N-dealkylation sites (N-methyl/N-ethyl adjacent to an activating group) is 1. The smallest absolute Gasteiger partial charge is 0.220 e. The molecule has 1 aromatic carbocycles. The summed E-state index contributed by atoms with van der Waals surface area (Å²) in [5, 5.41) is 2.93. The molecule has 0 spiro atoms. The summed E-state index contributed by atoms with van der Waals surface area (Å²) in [6, 6.07) is 8.03. The van der Waals surface area contributed by atoms with E-state index in [9.17, 15) is 4.79 Å². The maximum atomic E-state index is 11.5. The van der Waals surface area contributed by atoms with Crippen molar-refractivity contribution in [1.29, 1.82) is 0 Å². The molecule has 0 heterocycles. The Hall–Kier alpha value is -1.20. The predicted molar refractivity (Wildman–Crippen MR) is 80.9 cm³/mol. The van der Waals surface area contributed by atoms with Crippen LogP contribution in [0.3, 0.4) is 0 Å². The fourth-order valence-electron chi connectivity index (χ4n) is 1.85. The minimum Gasteiger partial charge on any atom is -0.497 e. The first-order valence-corrected chi connectivity index (χ1v) is 6.89. The van der Waals surface area contributed by atoms with Crippen molar-refractivity contribution in [2.45, 2.75) is 12.5 Å². The van der Waals surface area contributed by atoms with Crippen LogP contribution in [0.4, 0.5) is 0 Å². The first kappa shape index (κ1) is 15.9. The van der Waals surface area contributed by atoms with Crippen LogP contribution in [0.1, 0.15) is 18.0 Å². The van der Waals surface area contributed by atoms with Crippen LogP contribution in [0.15, 0.2) is 24.3 Å². The molecule has 0 saturated carbocycles. The molecule has 0 fully saturated rings. The highest BCUT2D eigenvalue weighted by atomic mass is 32.1. The first-order valence-electron chi connectivity index (χ1n) is 6.26. The van der Waals surface area contributed by atoms with E-state index in [2.05, 4.69) is 22.8 Å². The second kappa shape index (κ2) is 8.07. The van der Waals surface area contributed by atoms with Gasteiger partial charge in [0.1, 0.15) is 5.75 Å². The van der Waals surface area contributed by atoms with Gasteiger partial charge in [-0.05, 0) is 37.5 Å². The highest BCUT2D eigenvalue weighted by Gasteiger charge is 2.15. The Balaban J connectivity index is 2.73. The van der Waals surface area contributed by atoms with Gasteiger partial charge < -0.3 is 15.0 Å². The third-order valence-corrected chi connectivity index (χ3v) is 3.16. The fraction of sp³-hybridized carbons (Fsp3) is 0.500. The normalized spacial score (nSPS) is 12.3. The van der Waals surface area contributed by atoms with Crippen molar-refractivity contribution in [3.63, 3.8) is 0 Å². The molecule has 19 heavy (non-hydrogen) atoms. The van der Waals surface area contributed by atoms with E-state index in [1.54, 1.807) is 7.11 Å². The van der Waals surface area contributed by atoms with Gasteiger partial charge in [-0.15, -0.1) is 0 Å². The van der Waals surface area contributed by atoms with E-state index in [0.29, 0.717) is 18.7 Å². The van der Waals surface area contributed by atoms with Crippen LogP contribution in [0.2, 0.25) is 0 Å². The summed E-state index contributed by atoms with van der Waals surface area (Å²) in [5.74, 6) is 1.42. The Morgan fingerprint density at radius 2 is 2.21 bits per heavy atom. The summed E-state index contributed by atoms with van der Waals surface area (Å²) >= 11 is 4.05. The lowest BCUT2D eigenvalue weighted by Crippen LogP contribution is -2.34. The van der Waals surface area contributed by atoms with Crippen molar-refractivity contribution in [2.75, 3.05) is 33.5 Å². The number of hydrogen-bond acceptors (Lipinski definition) is 4. The summed E-state index contributed by atoms with van der Waals surface area (Å²) in [6.45, 7) is 0.576. The van der Waals surface area contributed by atoms with Gasteiger partial charge in [0, 0.05) is 13.0 Å². The van der Waals surface area contributed by atoms with Crippen LogP contribution in [0.5, 0.6) is 5.75 Å². The van der Waals surface area contributed by atoms with Gasteiger partial charge in [-0.2, -0.15) is 12.6 Å². The molecule has 5 heteroatoms. The van der Waals surface area contributed by atoms with Crippen molar-refractivity contribution >= 4 is 18.5 Å². The summed E-state index contributed by atoms with van der Waals surface area (Å²) in [5.41, 5.74) is 1.12. The quantitative estimate of drug-likeness (QED) is 0.749. The Morgan fingerprint density at radius 3 is 2.79 bits per heavy atom. The zero-order valence-corrected chi connectivity index (χ0v) is 12.6. The van der Waals surface area contributed by atoms with Crippen molar-refractivity contribution < 1.29 is 9.53 Å². The summed E-state index contributed by atoms with van der Waals surface area (Å²) < 4.78 is 5.23.